The Kier molecular flexibility index (Phi) is 6.88. The molecule has 83 valence electrons. The van der Waals surface area contributed by atoms with Crippen LogP contribution >= 0.6 is 0 Å². The molecule has 0 aromatic heterocycles. The van der Waals surface area contributed by atoms with Gasteiger partial charge in [-0.3, -0.25) is 4.79 Å². The van der Waals surface area contributed by atoms with Crippen molar-refractivity contribution in [1.82, 2.24) is 0 Å². The predicted molar refractivity (Wildman–Crippen MR) is 62.6 cm³/mol. The quantitative estimate of drug-likeness (QED) is 0.637. The molecule has 0 aromatic rings. The summed E-state index contributed by atoms with van der Waals surface area (Å²) in [6, 6.07) is 0. The maximum Gasteiger partial charge on any atom is 0.296 e. The lowest BCUT2D eigenvalue weighted by Gasteiger charge is -2.22. The van der Waals surface area contributed by atoms with Crippen molar-refractivity contribution >= 4 is 15.0 Å². The number of unbranched alkanes of at least 4 members (excludes halogenated alkanes) is 1. The van der Waals surface area contributed by atoms with E-state index in [2.05, 4.69) is 34.6 Å². The Balaban J connectivity index is 3.97. The minimum absolute atomic E-state index is 0.106. The second-order valence-electron chi connectivity index (χ2n) is 4.38. The lowest BCUT2D eigenvalue weighted by molar-refractivity contribution is -0.131. The van der Waals surface area contributed by atoms with Crippen molar-refractivity contribution in [2.75, 3.05) is 0 Å². The van der Waals surface area contributed by atoms with Crippen molar-refractivity contribution in [3.05, 3.63) is 6.42 Å². The lowest BCUT2D eigenvalue weighted by Crippen LogP contribution is -2.28. The van der Waals surface area contributed by atoms with Crippen molar-refractivity contribution in [3.8, 4) is 0 Å². The normalized spacial score (nSPS) is 11.4. The molecule has 0 aliphatic heterocycles. The van der Waals surface area contributed by atoms with E-state index in [0.29, 0.717) is 11.1 Å². The average Bonchev–Trinajstić information content (AvgIpc) is 2.09. The molecule has 1 radical (unpaired) electrons. The van der Waals surface area contributed by atoms with Crippen LogP contribution < -0.4 is 0 Å². The van der Waals surface area contributed by atoms with Crippen molar-refractivity contribution in [3.63, 3.8) is 0 Å². The van der Waals surface area contributed by atoms with E-state index in [1.807, 2.05) is 0 Å². The van der Waals surface area contributed by atoms with Crippen LogP contribution in [0.1, 0.15) is 47.5 Å². The van der Waals surface area contributed by atoms with Gasteiger partial charge in [0, 0.05) is 0 Å². The third-order valence-corrected chi connectivity index (χ3v) is 5.30. The molecule has 0 N–H and O–H groups in total. The summed E-state index contributed by atoms with van der Waals surface area (Å²) in [6.45, 7) is 10.6. The maximum absolute atomic E-state index is 11.4. The minimum Gasteiger partial charge on any atom is -0.521 e. The van der Waals surface area contributed by atoms with Crippen LogP contribution in [0.25, 0.3) is 0 Å². The highest BCUT2D eigenvalue weighted by atomic mass is 28.3. The van der Waals surface area contributed by atoms with Crippen molar-refractivity contribution in [1.29, 1.82) is 0 Å². The van der Waals surface area contributed by atoms with E-state index >= 15 is 0 Å². The van der Waals surface area contributed by atoms with Crippen LogP contribution in [-0.4, -0.2) is 15.0 Å². The summed E-state index contributed by atoms with van der Waals surface area (Å²) in [5.74, 6) is -0.106. The summed E-state index contributed by atoms with van der Waals surface area (Å²) in [6.07, 6.45) is 3.51. The fourth-order valence-corrected chi connectivity index (χ4v) is 3.93. The summed E-state index contributed by atoms with van der Waals surface area (Å²) in [5, 5.41) is 0. The SMILES string of the molecule is CCC[CH]C(=O)O[SiH](C(C)C)C(C)C. The molecular formula is C11H23O2Si. The first kappa shape index (κ1) is 13.7. The molecule has 0 spiro atoms. The van der Waals surface area contributed by atoms with Gasteiger partial charge in [0.05, 0.1) is 6.42 Å². The van der Waals surface area contributed by atoms with Crippen molar-refractivity contribution < 1.29 is 9.22 Å². The predicted octanol–water partition coefficient (Wildman–Crippen LogP) is 3.08. The number of rotatable bonds is 6. The maximum atomic E-state index is 11.4. The van der Waals surface area contributed by atoms with Gasteiger partial charge in [-0.25, -0.2) is 0 Å². The van der Waals surface area contributed by atoms with E-state index < -0.39 is 9.04 Å². The first-order valence-corrected chi connectivity index (χ1v) is 7.33. The summed E-state index contributed by atoms with van der Waals surface area (Å²) < 4.78 is 5.52. The minimum atomic E-state index is -1.36. The third-order valence-electron chi connectivity index (χ3n) is 2.17. The van der Waals surface area contributed by atoms with E-state index in [1.165, 1.54) is 0 Å². The van der Waals surface area contributed by atoms with Crippen molar-refractivity contribution in [2.24, 2.45) is 0 Å². The number of hydrogen-bond acceptors (Lipinski definition) is 2. The van der Waals surface area contributed by atoms with Crippen LogP contribution in [0.2, 0.25) is 11.1 Å². The fourth-order valence-electron chi connectivity index (χ4n) is 1.49. The lowest BCUT2D eigenvalue weighted by atomic mass is 10.3. The second kappa shape index (κ2) is 7.04. The average molecular weight is 215 g/mol. The highest BCUT2D eigenvalue weighted by Crippen LogP contribution is 2.21. The van der Waals surface area contributed by atoms with Crippen LogP contribution in [0.15, 0.2) is 0 Å². The molecule has 0 aliphatic carbocycles. The summed E-state index contributed by atoms with van der Waals surface area (Å²) >= 11 is 0. The molecule has 0 unspecified atom stereocenters. The molecule has 14 heavy (non-hydrogen) atoms. The number of carbonyl (C=O) groups excluding carboxylic acids is 1. The van der Waals surface area contributed by atoms with Gasteiger partial charge in [0.2, 0.25) is 9.04 Å². The van der Waals surface area contributed by atoms with Gasteiger partial charge >= 0.3 is 0 Å². The van der Waals surface area contributed by atoms with Gasteiger partial charge in [0.15, 0.2) is 0 Å². The molecule has 0 amide bonds. The highest BCUT2D eigenvalue weighted by Gasteiger charge is 2.24. The Morgan fingerprint density at radius 3 is 2.14 bits per heavy atom. The third kappa shape index (κ3) is 5.42. The van der Waals surface area contributed by atoms with Gasteiger partial charge in [-0.05, 0) is 17.5 Å². The summed E-state index contributed by atoms with van der Waals surface area (Å²) in [5.41, 5.74) is 1.04. The largest absolute Gasteiger partial charge is 0.521 e. The molecule has 0 aliphatic rings. The molecule has 0 heterocycles. The Morgan fingerprint density at radius 2 is 1.79 bits per heavy atom. The van der Waals surface area contributed by atoms with Crippen LogP contribution in [0.5, 0.6) is 0 Å². The zero-order valence-electron chi connectivity index (χ0n) is 10.0. The Labute approximate surface area is 89.8 Å². The molecular weight excluding hydrogens is 192 g/mol. The van der Waals surface area contributed by atoms with Crippen LogP contribution in [-0.2, 0) is 9.22 Å². The summed E-state index contributed by atoms with van der Waals surface area (Å²) in [7, 11) is -1.36. The zero-order chi connectivity index (χ0) is 11.1. The van der Waals surface area contributed by atoms with Gasteiger partial charge < -0.3 is 4.43 Å². The molecule has 0 rings (SSSR count). The van der Waals surface area contributed by atoms with E-state index in [1.54, 1.807) is 6.42 Å². The van der Waals surface area contributed by atoms with Crippen molar-refractivity contribution in [2.45, 2.75) is 58.5 Å². The smallest absolute Gasteiger partial charge is 0.296 e. The van der Waals surface area contributed by atoms with E-state index in [-0.39, 0.29) is 5.97 Å². The van der Waals surface area contributed by atoms with Crippen LogP contribution in [0.3, 0.4) is 0 Å². The van der Waals surface area contributed by atoms with Gasteiger partial charge in [-0.1, -0.05) is 41.0 Å². The molecule has 0 saturated carbocycles. The second-order valence-corrected chi connectivity index (χ2v) is 8.21. The molecule has 0 saturated heterocycles. The molecule has 3 heteroatoms. The zero-order valence-corrected chi connectivity index (χ0v) is 11.2. The summed E-state index contributed by atoms with van der Waals surface area (Å²) in [4.78, 5) is 11.4. The van der Waals surface area contributed by atoms with Crippen LogP contribution in [0.4, 0.5) is 0 Å². The monoisotopic (exact) mass is 215 g/mol. The number of carbonyl (C=O) groups is 1. The fraction of sp³-hybridized carbons (Fsp3) is 0.818. The Bertz CT molecular complexity index is 159. The molecule has 0 bridgehead atoms. The highest BCUT2D eigenvalue weighted by molar-refractivity contribution is 6.57. The standard InChI is InChI=1S/C11H23O2Si/c1-6-7-8-11(12)13-14(9(2)3)10(4)5/h8-10,14H,6-7H2,1-5H3. The van der Waals surface area contributed by atoms with Gasteiger partial charge in [0.1, 0.15) is 0 Å². The van der Waals surface area contributed by atoms with Crippen LogP contribution in [0, 0.1) is 6.42 Å². The topological polar surface area (TPSA) is 26.3 Å². The Hall–Kier alpha value is -0.313. The molecule has 2 nitrogen and oxygen atoms in total. The number of hydrogen-bond donors (Lipinski definition) is 0. The van der Waals surface area contributed by atoms with E-state index in [9.17, 15) is 4.79 Å². The Morgan fingerprint density at radius 1 is 1.29 bits per heavy atom. The van der Waals surface area contributed by atoms with Gasteiger partial charge in [-0.2, -0.15) is 0 Å². The molecule has 0 fully saturated rings. The van der Waals surface area contributed by atoms with E-state index in [0.717, 1.165) is 12.8 Å². The van der Waals surface area contributed by atoms with Gasteiger partial charge in [-0.15, -0.1) is 0 Å². The first-order chi connectivity index (χ1) is 6.49. The van der Waals surface area contributed by atoms with Gasteiger partial charge in [0.25, 0.3) is 5.97 Å². The molecule has 0 aromatic carbocycles. The molecule has 0 atom stereocenters. The first-order valence-electron chi connectivity index (χ1n) is 5.52. The van der Waals surface area contributed by atoms with E-state index in [4.69, 9.17) is 4.43 Å².